The summed E-state index contributed by atoms with van der Waals surface area (Å²) in [5, 5.41) is 3.97. The monoisotopic (exact) mass is 435 g/mol. The van der Waals surface area contributed by atoms with Crippen LogP contribution in [0.1, 0.15) is 25.5 Å². The molecule has 0 radical (unpaired) electrons. The smallest absolute Gasteiger partial charge is 0.226 e. The predicted molar refractivity (Wildman–Crippen MR) is 123 cm³/mol. The normalized spacial score (nSPS) is 16.1. The number of nitrogens with one attached hydrogen (secondary N) is 1. The first-order valence-electron chi connectivity index (χ1n) is 11.1. The lowest BCUT2D eigenvalue weighted by atomic mass is 9.97. The van der Waals surface area contributed by atoms with E-state index in [0.717, 1.165) is 41.7 Å². The third kappa shape index (κ3) is 5.25. The summed E-state index contributed by atoms with van der Waals surface area (Å²) in [5.74, 6) is 2.14. The maximum atomic E-state index is 12.7. The van der Waals surface area contributed by atoms with Crippen LogP contribution in [0.5, 0.6) is 11.5 Å². The minimum atomic E-state index is -0.0953. The van der Waals surface area contributed by atoms with Crippen LogP contribution in [0.25, 0.3) is 10.9 Å². The Kier molecular flexibility index (Phi) is 6.99. The van der Waals surface area contributed by atoms with Gasteiger partial charge >= 0.3 is 0 Å². The van der Waals surface area contributed by atoms with Gasteiger partial charge in [-0.3, -0.25) is 9.78 Å². The number of benzene rings is 1. The van der Waals surface area contributed by atoms with E-state index in [1.54, 1.807) is 12.4 Å². The molecule has 3 heterocycles. The van der Waals surface area contributed by atoms with Gasteiger partial charge in [-0.1, -0.05) is 0 Å². The number of amides is 1. The van der Waals surface area contributed by atoms with Gasteiger partial charge in [0.2, 0.25) is 11.9 Å². The number of anilines is 1. The van der Waals surface area contributed by atoms with Gasteiger partial charge in [-0.25, -0.2) is 9.97 Å². The lowest BCUT2D eigenvalue weighted by Crippen LogP contribution is -2.44. The first-order chi connectivity index (χ1) is 15.6. The zero-order chi connectivity index (χ0) is 22.3. The molecule has 0 saturated carbocycles. The van der Waals surface area contributed by atoms with E-state index < -0.39 is 0 Å². The van der Waals surface area contributed by atoms with Crippen LogP contribution >= 0.6 is 0 Å². The van der Waals surface area contributed by atoms with E-state index >= 15 is 0 Å². The van der Waals surface area contributed by atoms with E-state index in [0.29, 0.717) is 38.0 Å². The Morgan fingerprint density at radius 1 is 1.22 bits per heavy atom. The molecule has 0 spiro atoms. The number of carbonyl (C=O) groups excluding carboxylic acids is 1. The SMILES string of the molecule is CCOc1ccc2nc(N3CCC[C@H](C(=O)NCCOc4cccnc4)C3)nc(C)c2c1. The van der Waals surface area contributed by atoms with Gasteiger partial charge in [-0.2, -0.15) is 0 Å². The van der Waals surface area contributed by atoms with Gasteiger partial charge in [0.25, 0.3) is 0 Å². The van der Waals surface area contributed by atoms with E-state index in [9.17, 15) is 4.79 Å². The second-order valence-electron chi connectivity index (χ2n) is 7.83. The highest BCUT2D eigenvalue weighted by Gasteiger charge is 2.27. The standard InChI is InChI=1S/C24H29N5O3/c1-3-31-19-8-9-22-21(14-19)17(2)27-24(28-22)29-12-5-6-18(16-29)23(30)26-11-13-32-20-7-4-10-25-15-20/h4,7-10,14-15,18H,3,5-6,11-13,16H2,1-2H3,(H,26,30)/t18-/m0/s1. The van der Waals surface area contributed by atoms with Crippen molar-refractivity contribution >= 4 is 22.8 Å². The topological polar surface area (TPSA) is 89.5 Å². The van der Waals surface area contributed by atoms with Crippen LogP contribution in [0, 0.1) is 12.8 Å². The largest absolute Gasteiger partial charge is 0.494 e. The average Bonchev–Trinajstić information content (AvgIpc) is 2.83. The summed E-state index contributed by atoms with van der Waals surface area (Å²) in [4.78, 5) is 28.3. The molecule has 4 rings (SSSR count). The van der Waals surface area contributed by atoms with Crippen molar-refractivity contribution in [1.29, 1.82) is 0 Å². The fourth-order valence-electron chi connectivity index (χ4n) is 3.94. The summed E-state index contributed by atoms with van der Waals surface area (Å²) < 4.78 is 11.2. The molecule has 0 unspecified atom stereocenters. The number of nitrogens with zero attached hydrogens (tertiary/aromatic N) is 4. The summed E-state index contributed by atoms with van der Waals surface area (Å²) in [6, 6.07) is 9.55. The molecule has 168 valence electrons. The highest BCUT2D eigenvalue weighted by Crippen LogP contribution is 2.26. The summed E-state index contributed by atoms with van der Waals surface area (Å²) in [6.45, 7) is 6.89. The number of fused-ring (bicyclic) bond motifs is 1. The van der Waals surface area contributed by atoms with Crippen molar-refractivity contribution < 1.29 is 14.3 Å². The number of aryl methyl sites for hydroxylation is 1. The van der Waals surface area contributed by atoms with Crippen LogP contribution in [0.15, 0.2) is 42.7 Å². The molecular weight excluding hydrogens is 406 g/mol. The van der Waals surface area contributed by atoms with Gasteiger partial charge in [-0.15, -0.1) is 0 Å². The van der Waals surface area contributed by atoms with Crippen LogP contribution < -0.4 is 19.7 Å². The predicted octanol–water partition coefficient (Wildman–Crippen LogP) is 3.14. The molecule has 8 heteroatoms. The highest BCUT2D eigenvalue weighted by atomic mass is 16.5. The Balaban J connectivity index is 1.36. The highest BCUT2D eigenvalue weighted by molar-refractivity contribution is 5.83. The van der Waals surface area contributed by atoms with Crippen LogP contribution in [0.2, 0.25) is 0 Å². The summed E-state index contributed by atoms with van der Waals surface area (Å²) in [5.41, 5.74) is 1.79. The maximum absolute atomic E-state index is 12.7. The Hall–Kier alpha value is -3.42. The van der Waals surface area contributed by atoms with E-state index in [4.69, 9.17) is 19.4 Å². The lowest BCUT2D eigenvalue weighted by Gasteiger charge is -2.32. The Morgan fingerprint density at radius 2 is 2.12 bits per heavy atom. The lowest BCUT2D eigenvalue weighted by molar-refractivity contribution is -0.125. The van der Waals surface area contributed by atoms with Crippen molar-refractivity contribution in [3.8, 4) is 11.5 Å². The summed E-state index contributed by atoms with van der Waals surface area (Å²) >= 11 is 0. The molecule has 1 saturated heterocycles. The van der Waals surface area contributed by atoms with Gasteiger partial charge in [0, 0.05) is 24.7 Å². The fraction of sp³-hybridized carbons (Fsp3) is 0.417. The van der Waals surface area contributed by atoms with E-state index in [1.807, 2.05) is 44.2 Å². The Bertz CT molecular complexity index is 1060. The number of aromatic nitrogens is 3. The van der Waals surface area contributed by atoms with E-state index in [1.165, 1.54) is 0 Å². The fourth-order valence-corrected chi connectivity index (χ4v) is 3.94. The summed E-state index contributed by atoms with van der Waals surface area (Å²) in [7, 11) is 0. The first kappa shape index (κ1) is 21.8. The number of pyridine rings is 1. The first-order valence-corrected chi connectivity index (χ1v) is 11.1. The average molecular weight is 436 g/mol. The molecule has 32 heavy (non-hydrogen) atoms. The van der Waals surface area contributed by atoms with Crippen molar-refractivity contribution in [2.24, 2.45) is 5.92 Å². The van der Waals surface area contributed by atoms with E-state index in [-0.39, 0.29) is 11.8 Å². The zero-order valence-electron chi connectivity index (χ0n) is 18.6. The third-order valence-corrected chi connectivity index (χ3v) is 5.54. The number of piperidine rings is 1. The number of rotatable bonds is 8. The van der Waals surface area contributed by atoms with Gasteiger partial charge in [0.15, 0.2) is 0 Å². The van der Waals surface area contributed by atoms with E-state index in [2.05, 4.69) is 15.2 Å². The third-order valence-electron chi connectivity index (χ3n) is 5.54. The quantitative estimate of drug-likeness (QED) is 0.544. The molecule has 2 aromatic heterocycles. The van der Waals surface area contributed by atoms with Crippen molar-refractivity contribution in [2.75, 3.05) is 37.7 Å². The number of carbonyl (C=O) groups is 1. The molecule has 1 atom stereocenters. The van der Waals surface area contributed by atoms with Crippen molar-refractivity contribution in [3.05, 3.63) is 48.4 Å². The molecule has 1 aromatic carbocycles. The second kappa shape index (κ2) is 10.3. The van der Waals surface area contributed by atoms with Crippen molar-refractivity contribution in [1.82, 2.24) is 20.3 Å². The molecular formula is C24H29N5O3. The van der Waals surface area contributed by atoms with Gasteiger partial charge in [0.05, 0.1) is 36.5 Å². The molecule has 3 aromatic rings. The van der Waals surface area contributed by atoms with Gasteiger partial charge < -0.3 is 19.7 Å². The molecule has 1 fully saturated rings. The molecule has 1 amide bonds. The van der Waals surface area contributed by atoms with Gasteiger partial charge in [-0.05, 0) is 57.0 Å². The number of ether oxygens (including phenoxy) is 2. The van der Waals surface area contributed by atoms with Crippen LogP contribution in [-0.2, 0) is 4.79 Å². The zero-order valence-corrected chi connectivity index (χ0v) is 18.6. The molecule has 8 nitrogen and oxygen atoms in total. The van der Waals surface area contributed by atoms with Crippen molar-refractivity contribution in [3.63, 3.8) is 0 Å². The number of hydrogen-bond donors (Lipinski definition) is 1. The van der Waals surface area contributed by atoms with Crippen LogP contribution in [-0.4, -0.2) is 53.7 Å². The molecule has 1 N–H and O–H groups in total. The summed E-state index contributed by atoms with van der Waals surface area (Å²) in [6.07, 6.45) is 5.14. The van der Waals surface area contributed by atoms with Gasteiger partial charge in [0.1, 0.15) is 18.1 Å². The van der Waals surface area contributed by atoms with Crippen LogP contribution in [0.4, 0.5) is 5.95 Å². The van der Waals surface area contributed by atoms with Crippen LogP contribution in [0.3, 0.4) is 0 Å². The Morgan fingerprint density at radius 3 is 2.94 bits per heavy atom. The number of hydrogen-bond acceptors (Lipinski definition) is 7. The second-order valence-corrected chi connectivity index (χ2v) is 7.83. The molecule has 0 bridgehead atoms. The van der Waals surface area contributed by atoms with Crippen molar-refractivity contribution in [2.45, 2.75) is 26.7 Å². The molecule has 1 aliphatic heterocycles. The maximum Gasteiger partial charge on any atom is 0.226 e. The molecule has 0 aliphatic carbocycles. The molecule has 1 aliphatic rings. The Labute approximate surface area is 188 Å². The minimum absolute atomic E-state index is 0.0448. The minimum Gasteiger partial charge on any atom is -0.494 e.